The number of hydrogen-bond donors (Lipinski definition) is 0. The van der Waals surface area contributed by atoms with E-state index in [0.29, 0.717) is 19.8 Å². The first-order valence-corrected chi connectivity index (χ1v) is 6.03. The topological polar surface area (TPSA) is 43.1 Å². The highest BCUT2D eigenvalue weighted by molar-refractivity contribution is 9.10. The second-order valence-electron chi connectivity index (χ2n) is 2.44. The number of aromatic nitrogens is 1. The summed E-state index contributed by atoms with van der Waals surface area (Å²) in [6.07, 6.45) is 1.40. The summed E-state index contributed by atoms with van der Waals surface area (Å²) in [5.41, 5.74) is 0.499. The van der Waals surface area contributed by atoms with Gasteiger partial charge in [-0.05, 0) is 31.9 Å². The Morgan fingerprint density at radius 1 is 1.50 bits per heavy atom. The molecule has 2 rings (SSSR count). The SMILES string of the molecule is O=C(c1coc(Br)c1)c1nc(Br)cs1. The van der Waals surface area contributed by atoms with E-state index in [-0.39, 0.29) is 5.78 Å². The van der Waals surface area contributed by atoms with Crippen LogP contribution in [0.5, 0.6) is 0 Å². The number of ketones is 1. The van der Waals surface area contributed by atoms with E-state index in [1.54, 1.807) is 11.4 Å². The average molecular weight is 337 g/mol. The maximum atomic E-state index is 11.7. The predicted molar refractivity (Wildman–Crippen MR) is 59.7 cm³/mol. The van der Waals surface area contributed by atoms with E-state index >= 15 is 0 Å². The van der Waals surface area contributed by atoms with Crippen LogP contribution in [0, 0.1) is 0 Å². The lowest BCUT2D eigenvalue weighted by Crippen LogP contribution is -1.97. The molecule has 0 N–H and O–H groups in total. The van der Waals surface area contributed by atoms with Crippen LogP contribution in [-0.4, -0.2) is 10.8 Å². The van der Waals surface area contributed by atoms with E-state index < -0.39 is 0 Å². The summed E-state index contributed by atoms with van der Waals surface area (Å²) in [5.74, 6) is -0.129. The third kappa shape index (κ3) is 1.97. The highest BCUT2D eigenvalue weighted by Crippen LogP contribution is 2.21. The molecule has 0 saturated carbocycles. The zero-order valence-corrected chi connectivity index (χ0v) is 10.6. The molecule has 2 aromatic heterocycles. The molecule has 3 nitrogen and oxygen atoms in total. The summed E-state index contributed by atoms with van der Waals surface area (Å²) in [5, 5.41) is 2.22. The maximum absolute atomic E-state index is 11.7. The summed E-state index contributed by atoms with van der Waals surface area (Å²) in [6, 6.07) is 1.62. The third-order valence-corrected chi connectivity index (χ3v) is 3.47. The Morgan fingerprint density at radius 2 is 2.29 bits per heavy atom. The van der Waals surface area contributed by atoms with Crippen molar-refractivity contribution in [2.75, 3.05) is 0 Å². The summed E-state index contributed by atoms with van der Waals surface area (Å²) in [7, 11) is 0. The Hall–Kier alpha value is -0.460. The molecule has 72 valence electrons. The quantitative estimate of drug-likeness (QED) is 0.788. The van der Waals surface area contributed by atoms with Gasteiger partial charge in [-0.25, -0.2) is 4.98 Å². The van der Waals surface area contributed by atoms with Crippen molar-refractivity contribution in [3.05, 3.63) is 37.6 Å². The monoisotopic (exact) mass is 335 g/mol. The molecule has 2 heterocycles. The number of furan rings is 1. The fourth-order valence-corrected chi connectivity index (χ4v) is 2.46. The Labute approximate surface area is 100 Å². The van der Waals surface area contributed by atoms with Gasteiger partial charge in [0.2, 0.25) is 5.78 Å². The van der Waals surface area contributed by atoms with Crippen LogP contribution in [-0.2, 0) is 0 Å². The standard InChI is InChI=1S/C8H3Br2NO2S/c9-5-3-14-8(11-5)7(12)4-1-6(10)13-2-4/h1-3H. The van der Waals surface area contributed by atoms with Gasteiger partial charge >= 0.3 is 0 Å². The lowest BCUT2D eigenvalue weighted by atomic mass is 10.2. The minimum Gasteiger partial charge on any atom is -0.457 e. The molecule has 14 heavy (non-hydrogen) atoms. The van der Waals surface area contributed by atoms with Gasteiger partial charge in [-0.15, -0.1) is 11.3 Å². The van der Waals surface area contributed by atoms with Crippen molar-refractivity contribution in [1.29, 1.82) is 0 Å². The number of rotatable bonds is 2. The first-order valence-electron chi connectivity index (χ1n) is 3.56. The Morgan fingerprint density at radius 3 is 2.79 bits per heavy atom. The van der Waals surface area contributed by atoms with Crippen molar-refractivity contribution in [3.8, 4) is 0 Å². The second kappa shape index (κ2) is 3.96. The van der Waals surface area contributed by atoms with Gasteiger partial charge in [0.15, 0.2) is 9.68 Å². The summed E-state index contributed by atoms with van der Waals surface area (Å²) < 4.78 is 6.19. The summed E-state index contributed by atoms with van der Waals surface area (Å²) in [6.45, 7) is 0. The van der Waals surface area contributed by atoms with Crippen LogP contribution >= 0.6 is 43.2 Å². The highest BCUT2D eigenvalue weighted by atomic mass is 79.9. The van der Waals surface area contributed by atoms with Gasteiger partial charge < -0.3 is 4.42 Å². The van der Waals surface area contributed by atoms with Crippen LogP contribution in [0.25, 0.3) is 0 Å². The molecule has 0 spiro atoms. The molecule has 0 unspecified atom stereocenters. The molecule has 6 heteroatoms. The van der Waals surface area contributed by atoms with E-state index in [9.17, 15) is 4.79 Å². The van der Waals surface area contributed by atoms with Crippen LogP contribution in [0.1, 0.15) is 15.4 Å². The zero-order valence-electron chi connectivity index (χ0n) is 6.66. The number of nitrogens with zero attached hydrogens (tertiary/aromatic N) is 1. The fraction of sp³-hybridized carbons (Fsp3) is 0. The van der Waals surface area contributed by atoms with Gasteiger partial charge in [0.1, 0.15) is 10.9 Å². The van der Waals surface area contributed by atoms with Gasteiger partial charge in [-0.2, -0.15) is 0 Å². The molecule has 0 atom stereocenters. The van der Waals surface area contributed by atoms with Crippen molar-refractivity contribution in [2.24, 2.45) is 0 Å². The average Bonchev–Trinajstić information content (AvgIpc) is 2.73. The van der Waals surface area contributed by atoms with Gasteiger partial charge in [-0.1, -0.05) is 0 Å². The molecule has 0 bridgehead atoms. The smallest absolute Gasteiger partial charge is 0.224 e. The zero-order chi connectivity index (χ0) is 10.1. The van der Waals surface area contributed by atoms with Crippen molar-refractivity contribution in [3.63, 3.8) is 0 Å². The normalized spacial score (nSPS) is 10.4. The van der Waals surface area contributed by atoms with Crippen molar-refractivity contribution >= 4 is 49.0 Å². The molecular weight excluding hydrogens is 334 g/mol. The van der Waals surface area contributed by atoms with E-state index in [0.717, 1.165) is 0 Å². The van der Waals surface area contributed by atoms with Crippen LogP contribution in [0.4, 0.5) is 0 Å². The van der Waals surface area contributed by atoms with Gasteiger partial charge in [0, 0.05) is 11.4 Å². The number of carbonyl (C=O) groups excluding carboxylic acids is 1. The van der Waals surface area contributed by atoms with E-state index in [2.05, 4.69) is 36.8 Å². The second-order valence-corrected chi connectivity index (χ2v) is 4.90. The van der Waals surface area contributed by atoms with Crippen molar-refractivity contribution < 1.29 is 9.21 Å². The first-order chi connectivity index (χ1) is 6.66. The predicted octanol–water partition coefficient (Wildman–Crippen LogP) is 3.49. The number of carbonyl (C=O) groups is 1. The number of thiazole rings is 1. The van der Waals surface area contributed by atoms with Crippen LogP contribution in [0.3, 0.4) is 0 Å². The van der Waals surface area contributed by atoms with E-state index in [1.165, 1.54) is 17.6 Å². The van der Waals surface area contributed by atoms with Crippen molar-refractivity contribution in [2.45, 2.75) is 0 Å². The largest absolute Gasteiger partial charge is 0.457 e. The Kier molecular flexibility index (Phi) is 2.85. The molecule has 0 fully saturated rings. The van der Waals surface area contributed by atoms with Crippen molar-refractivity contribution in [1.82, 2.24) is 4.98 Å². The highest BCUT2D eigenvalue weighted by Gasteiger charge is 2.15. The number of hydrogen-bond acceptors (Lipinski definition) is 4. The Bertz CT molecular complexity index is 435. The van der Waals surface area contributed by atoms with Crippen LogP contribution < -0.4 is 0 Å². The number of halogens is 2. The Balaban J connectivity index is 2.33. The first kappa shape index (κ1) is 10.1. The molecule has 0 amide bonds. The minimum atomic E-state index is -0.129. The van der Waals surface area contributed by atoms with Crippen LogP contribution in [0.2, 0.25) is 0 Å². The van der Waals surface area contributed by atoms with E-state index in [1.807, 2.05) is 0 Å². The molecule has 0 aliphatic rings. The molecule has 0 radical (unpaired) electrons. The minimum absolute atomic E-state index is 0.129. The fourth-order valence-electron chi connectivity index (χ4n) is 0.911. The van der Waals surface area contributed by atoms with Gasteiger partial charge in [0.25, 0.3) is 0 Å². The van der Waals surface area contributed by atoms with E-state index in [4.69, 9.17) is 4.42 Å². The summed E-state index contributed by atoms with van der Waals surface area (Å²) in [4.78, 5) is 15.7. The summed E-state index contributed by atoms with van der Waals surface area (Å²) >= 11 is 7.62. The van der Waals surface area contributed by atoms with Gasteiger partial charge in [0.05, 0.1) is 5.56 Å². The van der Waals surface area contributed by atoms with Crippen LogP contribution in [0.15, 0.2) is 31.4 Å². The molecular formula is C8H3Br2NO2S. The lowest BCUT2D eigenvalue weighted by Gasteiger charge is -1.88. The maximum Gasteiger partial charge on any atom is 0.224 e. The molecule has 0 aliphatic heterocycles. The van der Waals surface area contributed by atoms with Gasteiger partial charge in [-0.3, -0.25) is 4.79 Å². The molecule has 0 aliphatic carbocycles. The lowest BCUT2D eigenvalue weighted by molar-refractivity contribution is 0.103. The molecule has 2 aromatic rings. The molecule has 0 saturated heterocycles. The third-order valence-electron chi connectivity index (χ3n) is 1.50. The molecule has 0 aromatic carbocycles.